The topological polar surface area (TPSA) is 83.9 Å². The number of pyridine rings is 1. The van der Waals surface area contributed by atoms with Crippen molar-refractivity contribution in [1.29, 1.82) is 0 Å². The normalized spacial score (nSPS) is 20.8. The van der Waals surface area contributed by atoms with Gasteiger partial charge in [0.2, 0.25) is 0 Å². The Bertz CT molecular complexity index is 749. The van der Waals surface area contributed by atoms with Gasteiger partial charge in [-0.2, -0.15) is 0 Å². The van der Waals surface area contributed by atoms with Crippen molar-refractivity contribution in [2.45, 2.75) is 31.9 Å². The number of aromatic nitrogens is 1. The third kappa shape index (κ3) is 2.61. The van der Waals surface area contributed by atoms with Gasteiger partial charge < -0.3 is 19.5 Å². The monoisotopic (exact) mass is 332 g/mol. The second-order valence-corrected chi connectivity index (χ2v) is 6.58. The molecule has 1 saturated carbocycles. The molecule has 1 aromatic rings. The molecule has 8 heteroatoms. The minimum Gasteiger partial charge on any atom is -0.486 e. The number of carbonyl (C=O) groups is 2. The van der Waals surface area contributed by atoms with E-state index in [2.05, 4.69) is 5.32 Å². The Labute approximate surface area is 139 Å². The summed E-state index contributed by atoms with van der Waals surface area (Å²) in [5, 5.41) is 2.61. The summed E-state index contributed by atoms with van der Waals surface area (Å²) in [7, 11) is 0. The van der Waals surface area contributed by atoms with Crippen molar-refractivity contribution in [1.82, 2.24) is 19.7 Å². The molecule has 3 fully saturated rings. The summed E-state index contributed by atoms with van der Waals surface area (Å²) in [5.41, 5.74) is 0.870. The van der Waals surface area contributed by atoms with Gasteiger partial charge in [-0.15, -0.1) is 0 Å². The number of ether oxygens (including phenoxy) is 1. The molecule has 128 valence electrons. The number of carbonyl (C=O) groups excluding carboxylic acids is 2. The van der Waals surface area contributed by atoms with Crippen molar-refractivity contribution in [3.05, 3.63) is 28.2 Å². The lowest BCUT2D eigenvalue weighted by molar-refractivity contribution is 0.0359. The van der Waals surface area contributed by atoms with Gasteiger partial charge >= 0.3 is 12.1 Å². The zero-order valence-corrected chi connectivity index (χ0v) is 13.5. The van der Waals surface area contributed by atoms with Gasteiger partial charge in [0, 0.05) is 30.9 Å². The number of urea groups is 2. The maximum absolute atomic E-state index is 12.2. The summed E-state index contributed by atoms with van der Waals surface area (Å²) < 4.78 is 7.63. The summed E-state index contributed by atoms with van der Waals surface area (Å²) in [5.74, 6) is 0.547. The van der Waals surface area contributed by atoms with Crippen molar-refractivity contribution in [3.63, 3.8) is 0 Å². The van der Waals surface area contributed by atoms with Gasteiger partial charge in [-0.1, -0.05) is 0 Å². The quantitative estimate of drug-likeness (QED) is 0.883. The van der Waals surface area contributed by atoms with Crippen LogP contribution in [0.3, 0.4) is 0 Å². The molecule has 0 bridgehead atoms. The predicted octanol–water partition coefficient (Wildman–Crippen LogP) is 0.700. The number of amides is 4. The second-order valence-electron chi connectivity index (χ2n) is 6.58. The van der Waals surface area contributed by atoms with E-state index in [0.717, 1.165) is 18.5 Å². The maximum atomic E-state index is 12.2. The highest BCUT2D eigenvalue weighted by Crippen LogP contribution is 2.35. The predicted molar refractivity (Wildman–Crippen MR) is 85.2 cm³/mol. The molecule has 24 heavy (non-hydrogen) atoms. The largest absolute Gasteiger partial charge is 0.486 e. The molecule has 4 amide bonds. The molecule has 2 aliphatic heterocycles. The first kappa shape index (κ1) is 15.0. The Morgan fingerprint density at radius 3 is 2.58 bits per heavy atom. The zero-order valence-electron chi connectivity index (χ0n) is 13.5. The first-order valence-corrected chi connectivity index (χ1v) is 8.27. The molecule has 1 aromatic heterocycles. The molecule has 0 spiro atoms. The average Bonchev–Trinajstić information content (AvgIpc) is 3.21. The van der Waals surface area contributed by atoms with Crippen LogP contribution in [-0.2, 0) is 0 Å². The highest BCUT2D eigenvalue weighted by Gasteiger charge is 2.38. The van der Waals surface area contributed by atoms with Crippen molar-refractivity contribution in [3.8, 4) is 5.75 Å². The van der Waals surface area contributed by atoms with Gasteiger partial charge in [0.05, 0.1) is 13.1 Å². The van der Waals surface area contributed by atoms with Crippen LogP contribution in [0.1, 0.15) is 24.6 Å². The Hall–Kier alpha value is -2.51. The van der Waals surface area contributed by atoms with Gasteiger partial charge in [0.15, 0.2) is 0 Å². The lowest BCUT2D eigenvalue weighted by Gasteiger charge is -2.40. The van der Waals surface area contributed by atoms with Crippen LogP contribution in [0.15, 0.2) is 16.9 Å². The fraction of sp³-hybridized carbons (Fsp3) is 0.562. The van der Waals surface area contributed by atoms with Crippen LogP contribution in [-0.4, -0.2) is 58.7 Å². The van der Waals surface area contributed by atoms with Crippen LogP contribution >= 0.6 is 0 Å². The Kier molecular flexibility index (Phi) is 3.47. The molecule has 0 atom stereocenters. The molecule has 3 heterocycles. The third-order valence-electron chi connectivity index (χ3n) is 4.66. The van der Waals surface area contributed by atoms with E-state index >= 15 is 0 Å². The van der Waals surface area contributed by atoms with Crippen LogP contribution in [0.2, 0.25) is 0 Å². The average molecular weight is 332 g/mol. The zero-order chi connectivity index (χ0) is 16.8. The molecular formula is C16H20N4O4. The van der Waals surface area contributed by atoms with E-state index in [1.807, 2.05) is 17.6 Å². The molecule has 0 unspecified atom stereocenters. The molecule has 0 radical (unpaired) electrons. The summed E-state index contributed by atoms with van der Waals surface area (Å²) in [6.07, 6.45) is 1.98. The number of likely N-dealkylation sites (tertiary alicyclic amines) is 1. The SMILES string of the molecule is Cc1cc(OC2CN(C(=O)N3CCNC3=O)C2)cc(=O)n1C1CC1. The van der Waals surface area contributed by atoms with Gasteiger partial charge in [-0.05, 0) is 25.8 Å². The van der Waals surface area contributed by atoms with Crippen LogP contribution in [0.4, 0.5) is 9.59 Å². The molecule has 0 aromatic carbocycles. The van der Waals surface area contributed by atoms with Crippen LogP contribution in [0.5, 0.6) is 5.75 Å². The Balaban J connectivity index is 1.36. The fourth-order valence-electron chi connectivity index (χ4n) is 3.24. The molecule has 2 saturated heterocycles. The van der Waals surface area contributed by atoms with E-state index in [1.165, 1.54) is 11.0 Å². The summed E-state index contributed by atoms with van der Waals surface area (Å²) >= 11 is 0. The highest BCUT2D eigenvalue weighted by molar-refractivity contribution is 5.95. The fourth-order valence-corrected chi connectivity index (χ4v) is 3.24. The van der Waals surface area contributed by atoms with Crippen molar-refractivity contribution in [2.24, 2.45) is 0 Å². The van der Waals surface area contributed by atoms with Gasteiger partial charge in [-0.25, -0.2) is 14.5 Å². The Morgan fingerprint density at radius 1 is 1.25 bits per heavy atom. The van der Waals surface area contributed by atoms with Gasteiger partial charge in [-0.3, -0.25) is 4.79 Å². The van der Waals surface area contributed by atoms with Crippen molar-refractivity contribution in [2.75, 3.05) is 26.2 Å². The van der Waals surface area contributed by atoms with E-state index in [1.54, 1.807) is 4.90 Å². The first-order valence-electron chi connectivity index (χ1n) is 8.27. The number of imide groups is 1. The van der Waals surface area contributed by atoms with Gasteiger partial charge in [0.1, 0.15) is 11.9 Å². The van der Waals surface area contributed by atoms with Crippen LogP contribution in [0, 0.1) is 6.92 Å². The molecule has 1 aliphatic carbocycles. The minimum absolute atomic E-state index is 0.0338. The number of hydrogen-bond acceptors (Lipinski definition) is 4. The first-order chi connectivity index (χ1) is 11.5. The van der Waals surface area contributed by atoms with E-state index in [0.29, 0.717) is 38.0 Å². The van der Waals surface area contributed by atoms with Gasteiger partial charge in [0.25, 0.3) is 5.56 Å². The summed E-state index contributed by atoms with van der Waals surface area (Å²) in [6.45, 7) is 3.66. The van der Waals surface area contributed by atoms with Crippen LogP contribution in [0.25, 0.3) is 0 Å². The van der Waals surface area contributed by atoms with E-state index in [4.69, 9.17) is 4.74 Å². The third-order valence-corrected chi connectivity index (χ3v) is 4.66. The highest BCUT2D eigenvalue weighted by atomic mass is 16.5. The number of hydrogen-bond donors (Lipinski definition) is 1. The van der Waals surface area contributed by atoms with E-state index in [9.17, 15) is 14.4 Å². The number of rotatable bonds is 3. The maximum Gasteiger partial charge on any atom is 0.328 e. The second kappa shape index (κ2) is 5.54. The Morgan fingerprint density at radius 2 is 2.00 bits per heavy atom. The number of nitrogens with one attached hydrogen (secondary N) is 1. The van der Waals surface area contributed by atoms with Crippen molar-refractivity contribution < 1.29 is 14.3 Å². The molecular weight excluding hydrogens is 312 g/mol. The number of nitrogens with zero attached hydrogens (tertiary/aromatic N) is 3. The van der Waals surface area contributed by atoms with E-state index < -0.39 is 0 Å². The molecule has 8 nitrogen and oxygen atoms in total. The number of aryl methyl sites for hydroxylation is 1. The van der Waals surface area contributed by atoms with E-state index in [-0.39, 0.29) is 23.7 Å². The lowest BCUT2D eigenvalue weighted by atomic mass is 10.2. The lowest BCUT2D eigenvalue weighted by Crippen LogP contribution is -2.60. The minimum atomic E-state index is -0.344. The summed E-state index contributed by atoms with van der Waals surface area (Å²) in [4.78, 5) is 38.6. The molecule has 1 N–H and O–H groups in total. The van der Waals surface area contributed by atoms with Crippen LogP contribution < -0.4 is 15.6 Å². The standard InChI is InChI=1S/C16H20N4O4/c1-10-6-12(7-14(21)20(10)11-2-3-11)24-13-8-18(9-13)16(23)19-5-4-17-15(19)22/h6-7,11,13H,2-5,8-9H2,1H3,(H,17,22). The summed E-state index contributed by atoms with van der Waals surface area (Å²) in [6, 6.07) is 3.10. The van der Waals surface area contributed by atoms with Crippen molar-refractivity contribution >= 4 is 12.1 Å². The molecule has 4 rings (SSSR count). The smallest absolute Gasteiger partial charge is 0.328 e. The molecule has 3 aliphatic rings.